The Morgan fingerprint density at radius 1 is 1.32 bits per heavy atom. The topological polar surface area (TPSA) is 105 Å². The lowest BCUT2D eigenvalue weighted by atomic mass is 10.3. The Kier molecular flexibility index (Phi) is 5.74. The molecule has 0 saturated carbocycles. The standard InChI is InChI=1S/C11H16N2O5S/c1-2-7-12-19(16,17)10-5-3-9(4-6-10)13-18-8-11(14)15/h3-6,12-13H,2,7-8H2,1H3,(H,14,15). The van der Waals surface area contributed by atoms with E-state index in [2.05, 4.69) is 15.0 Å². The highest BCUT2D eigenvalue weighted by Gasteiger charge is 2.12. The molecule has 0 aliphatic heterocycles. The van der Waals surface area contributed by atoms with Crippen molar-refractivity contribution in [3.63, 3.8) is 0 Å². The van der Waals surface area contributed by atoms with Crippen molar-refractivity contribution < 1.29 is 23.2 Å². The molecule has 3 N–H and O–H groups in total. The Labute approximate surface area is 111 Å². The van der Waals surface area contributed by atoms with Crippen LogP contribution >= 0.6 is 0 Å². The van der Waals surface area contributed by atoms with E-state index < -0.39 is 22.6 Å². The van der Waals surface area contributed by atoms with Gasteiger partial charge in [-0.1, -0.05) is 6.92 Å². The minimum Gasteiger partial charge on any atom is -0.479 e. The number of aliphatic carboxylic acids is 1. The molecular formula is C11H16N2O5S. The lowest BCUT2D eigenvalue weighted by molar-refractivity contribution is -0.141. The summed E-state index contributed by atoms with van der Waals surface area (Å²) in [6, 6.07) is 5.79. The monoisotopic (exact) mass is 288 g/mol. The van der Waals surface area contributed by atoms with E-state index in [4.69, 9.17) is 5.11 Å². The highest BCUT2D eigenvalue weighted by atomic mass is 32.2. The molecule has 0 bridgehead atoms. The minimum absolute atomic E-state index is 0.143. The van der Waals surface area contributed by atoms with Gasteiger partial charge in [0.2, 0.25) is 10.0 Å². The molecule has 0 amide bonds. The summed E-state index contributed by atoms with van der Waals surface area (Å²) < 4.78 is 26.0. The van der Waals surface area contributed by atoms with Crippen molar-refractivity contribution in [3.8, 4) is 0 Å². The Balaban J connectivity index is 2.63. The van der Waals surface area contributed by atoms with Crippen LogP contribution in [-0.2, 0) is 19.7 Å². The second-order valence-electron chi connectivity index (χ2n) is 3.71. The molecule has 0 fully saturated rings. The molecule has 0 unspecified atom stereocenters. The zero-order valence-corrected chi connectivity index (χ0v) is 11.2. The van der Waals surface area contributed by atoms with Gasteiger partial charge in [0, 0.05) is 6.54 Å². The fourth-order valence-corrected chi connectivity index (χ4v) is 2.34. The van der Waals surface area contributed by atoms with Crippen molar-refractivity contribution >= 4 is 21.7 Å². The molecule has 1 aromatic carbocycles. The number of carboxylic acids is 1. The van der Waals surface area contributed by atoms with Gasteiger partial charge in [-0.2, -0.15) is 0 Å². The second-order valence-corrected chi connectivity index (χ2v) is 5.47. The average molecular weight is 288 g/mol. The number of sulfonamides is 1. The van der Waals surface area contributed by atoms with Gasteiger partial charge in [-0.15, -0.1) is 0 Å². The maximum atomic E-state index is 11.8. The molecule has 0 atom stereocenters. The van der Waals surface area contributed by atoms with Gasteiger partial charge in [0.05, 0.1) is 10.6 Å². The molecule has 7 nitrogen and oxygen atoms in total. The van der Waals surface area contributed by atoms with Gasteiger partial charge in [-0.25, -0.2) is 17.9 Å². The van der Waals surface area contributed by atoms with Crippen molar-refractivity contribution in [2.24, 2.45) is 0 Å². The van der Waals surface area contributed by atoms with Gasteiger partial charge < -0.3 is 5.11 Å². The lowest BCUT2D eigenvalue weighted by Gasteiger charge is -2.08. The van der Waals surface area contributed by atoms with Crippen molar-refractivity contribution in [1.82, 2.24) is 4.72 Å². The number of rotatable bonds is 8. The SMILES string of the molecule is CCCNS(=O)(=O)c1ccc(NOCC(=O)O)cc1. The summed E-state index contributed by atoms with van der Waals surface area (Å²) in [6.07, 6.45) is 0.710. The highest BCUT2D eigenvalue weighted by molar-refractivity contribution is 7.89. The molecule has 106 valence electrons. The van der Waals surface area contributed by atoms with E-state index in [1.807, 2.05) is 6.92 Å². The van der Waals surface area contributed by atoms with E-state index in [0.29, 0.717) is 18.7 Å². The molecule has 0 heterocycles. The van der Waals surface area contributed by atoms with Crippen LogP contribution in [0.25, 0.3) is 0 Å². The number of hydrogen-bond donors (Lipinski definition) is 3. The predicted octanol–water partition coefficient (Wildman–Crippen LogP) is 0.803. The van der Waals surface area contributed by atoms with E-state index in [1.165, 1.54) is 24.3 Å². The minimum atomic E-state index is -3.49. The van der Waals surface area contributed by atoms with Crippen LogP contribution in [0.5, 0.6) is 0 Å². The van der Waals surface area contributed by atoms with E-state index in [0.717, 1.165) is 0 Å². The third-order valence-corrected chi connectivity index (χ3v) is 3.57. The first-order valence-electron chi connectivity index (χ1n) is 5.65. The first kappa shape index (κ1) is 15.4. The van der Waals surface area contributed by atoms with Crippen molar-refractivity contribution in [2.45, 2.75) is 18.2 Å². The Hall–Kier alpha value is -1.64. The third kappa shape index (κ3) is 5.25. The molecule has 0 spiro atoms. The Bertz CT molecular complexity index is 512. The first-order valence-corrected chi connectivity index (χ1v) is 7.13. The molecule has 1 rings (SSSR count). The maximum absolute atomic E-state index is 11.8. The molecule has 0 aromatic heterocycles. The van der Waals surface area contributed by atoms with Crippen LogP contribution in [0.2, 0.25) is 0 Å². The van der Waals surface area contributed by atoms with Crippen LogP contribution in [0.15, 0.2) is 29.2 Å². The predicted molar refractivity (Wildman–Crippen MR) is 69.1 cm³/mol. The molecule has 0 aliphatic rings. The summed E-state index contributed by atoms with van der Waals surface area (Å²) in [5, 5.41) is 8.37. The van der Waals surface area contributed by atoms with Gasteiger partial charge >= 0.3 is 5.97 Å². The van der Waals surface area contributed by atoms with Crippen LogP contribution in [0.4, 0.5) is 5.69 Å². The summed E-state index contributed by atoms with van der Waals surface area (Å²) in [5.74, 6) is -1.10. The zero-order valence-electron chi connectivity index (χ0n) is 10.4. The fraction of sp³-hybridized carbons (Fsp3) is 0.364. The Morgan fingerprint density at radius 2 is 1.95 bits per heavy atom. The van der Waals surface area contributed by atoms with E-state index in [9.17, 15) is 13.2 Å². The van der Waals surface area contributed by atoms with E-state index in [1.54, 1.807) is 0 Å². The fourth-order valence-electron chi connectivity index (χ4n) is 1.20. The van der Waals surface area contributed by atoms with Gasteiger partial charge in [0.25, 0.3) is 0 Å². The molecule has 19 heavy (non-hydrogen) atoms. The van der Waals surface area contributed by atoms with Gasteiger partial charge in [0.15, 0.2) is 6.61 Å². The van der Waals surface area contributed by atoms with Crippen LogP contribution < -0.4 is 10.2 Å². The quantitative estimate of drug-likeness (QED) is 0.611. The molecule has 0 saturated heterocycles. The number of benzene rings is 1. The lowest BCUT2D eigenvalue weighted by Crippen LogP contribution is -2.24. The normalized spacial score (nSPS) is 11.2. The largest absolute Gasteiger partial charge is 0.479 e. The maximum Gasteiger partial charge on any atom is 0.332 e. The van der Waals surface area contributed by atoms with E-state index >= 15 is 0 Å². The number of hydrogen-bond acceptors (Lipinski definition) is 5. The molecule has 1 aromatic rings. The number of carbonyl (C=O) groups is 1. The summed E-state index contributed by atoms with van der Waals surface area (Å²) in [6.45, 7) is 1.76. The van der Waals surface area contributed by atoms with Crippen molar-refractivity contribution in [1.29, 1.82) is 0 Å². The molecule has 0 aliphatic carbocycles. The average Bonchev–Trinajstić information content (AvgIpc) is 2.37. The van der Waals surface area contributed by atoms with Crippen molar-refractivity contribution in [2.75, 3.05) is 18.6 Å². The van der Waals surface area contributed by atoms with Crippen molar-refractivity contribution in [3.05, 3.63) is 24.3 Å². The van der Waals surface area contributed by atoms with Crippen LogP contribution in [0, 0.1) is 0 Å². The summed E-state index contributed by atoms with van der Waals surface area (Å²) in [5.41, 5.74) is 2.87. The first-order chi connectivity index (χ1) is 8.95. The number of carboxylic acid groups (broad SMARTS) is 1. The Morgan fingerprint density at radius 3 is 2.47 bits per heavy atom. The summed E-state index contributed by atoms with van der Waals surface area (Å²) >= 11 is 0. The van der Waals surface area contributed by atoms with E-state index in [-0.39, 0.29) is 4.90 Å². The zero-order chi connectivity index (χ0) is 14.3. The second kappa shape index (κ2) is 7.07. The number of anilines is 1. The van der Waals surface area contributed by atoms with Gasteiger partial charge in [0.1, 0.15) is 0 Å². The molecule has 0 radical (unpaired) electrons. The molecule has 8 heteroatoms. The van der Waals surface area contributed by atoms with Crippen LogP contribution in [0.3, 0.4) is 0 Å². The third-order valence-electron chi connectivity index (χ3n) is 2.09. The molecular weight excluding hydrogens is 272 g/mol. The summed E-state index contributed by atoms with van der Waals surface area (Å²) in [7, 11) is -3.49. The number of nitrogens with one attached hydrogen (secondary N) is 2. The van der Waals surface area contributed by atoms with Gasteiger partial charge in [-0.05, 0) is 30.7 Å². The van der Waals surface area contributed by atoms with Gasteiger partial charge in [-0.3, -0.25) is 10.3 Å². The van der Waals surface area contributed by atoms with Crippen LogP contribution in [0.1, 0.15) is 13.3 Å². The highest BCUT2D eigenvalue weighted by Crippen LogP contribution is 2.13. The van der Waals surface area contributed by atoms with Crippen LogP contribution in [-0.4, -0.2) is 32.6 Å². The summed E-state index contributed by atoms with van der Waals surface area (Å²) in [4.78, 5) is 15.0. The smallest absolute Gasteiger partial charge is 0.332 e.